The van der Waals surface area contributed by atoms with Gasteiger partial charge < -0.3 is 4.52 Å². The highest BCUT2D eigenvalue weighted by Gasteiger charge is 2.10. The van der Waals surface area contributed by atoms with Gasteiger partial charge >= 0.3 is 0 Å². The van der Waals surface area contributed by atoms with E-state index < -0.39 is 0 Å². The molecule has 0 aliphatic heterocycles. The third-order valence-electron chi connectivity index (χ3n) is 2.83. The van der Waals surface area contributed by atoms with E-state index in [2.05, 4.69) is 39.7 Å². The first-order valence-corrected chi connectivity index (χ1v) is 6.97. The van der Waals surface area contributed by atoms with E-state index in [1.54, 1.807) is 0 Å². The van der Waals surface area contributed by atoms with Gasteiger partial charge in [0, 0.05) is 14.7 Å². The molecule has 4 heteroatoms. The van der Waals surface area contributed by atoms with Gasteiger partial charge in [-0.2, -0.15) is 4.98 Å². The molecule has 3 nitrogen and oxygen atoms in total. The summed E-state index contributed by atoms with van der Waals surface area (Å²) in [6.07, 6.45) is 0. The summed E-state index contributed by atoms with van der Waals surface area (Å²) in [5.74, 6) is 1.17. The molecule has 0 unspecified atom stereocenters. The van der Waals surface area contributed by atoms with Crippen molar-refractivity contribution in [3.05, 3.63) is 57.7 Å². The molecule has 0 saturated carbocycles. The predicted octanol–water partition coefficient (Wildman–Crippen LogP) is 4.32. The molecular formula is C15H11IN2O. The monoisotopic (exact) mass is 362 g/mol. The topological polar surface area (TPSA) is 38.9 Å². The lowest BCUT2D eigenvalue weighted by atomic mass is 10.1. The second-order valence-corrected chi connectivity index (χ2v) is 5.54. The normalized spacial score (nSPS) is 10.6. The maximum atomic E-state index is 5.31. The van der Waals surface area contributed by atoms with Crippen molar-refractivity contribution >= 4 is 22.6 Å². The zero-order chi connectivity index (χ0) is 13.2. The quantitative estimate of drug-likeness (QED) is 0.638. The van der Waals surface area contributed by atoms with E-state index in [9.17, 15) is 0 Å². The van der Waals surface area contributed by atoms with E-state index in [0.29, 0.717) is 11.7 Å². The molecule has 1 heterocycles. The molecule has 0 spiro atoms. The van der Waals surface area contributed by atoms with Crippen LogP contribution in [-0.4, -0.2) is 10.1 Å². The number of aromatic nitrogens is 2. The van der Waals surface area contributed by atoms with Gasteiger partial charge in [-0.15, -0.1) is 0 Å². The van der Waals surface area contributed by atoms with Crippen LogP contribution >= 0.6 is 22.6 Å². The minimum absolute atomic E-state index is 0.548. The molecule has 0 saturated heterocycles. The van der Waals surface area contributed by atoms with Crippen molar-refractivity contribution in [2.45, 2.75) is 6.92 Å². The highest BCUT2D eigenvalue weighted by atomic mass is 127. The van der Waals surface area contributed by atoms with E-state index in [4.69, 9.17) is 4.52 Å². The Bertz CT molecular complexity index is 627. The summed E-state index contributed by atoms with van der Waals surface area (Å²) < 4.78 is 6.49. The minimum Gasteiger partial charge on any atom is -0.334 e. The van der Waals surface area contributed by atoms with Crippen molar-refractivity contribution in [3.8, 4) is 22.8 Å². The second-order valence-electron chi connectivity index (χ2n) is 4.30. The Morgan fingerprint density at radius 2 is 1.53 bits per heavy atom. The lowest BCUT2D eigenvalue weighted by Crippen LogP contribution is -1.82. The van der Waals surface area contributed by atoms with Crippen molar-refractivity contribution in [1.29, 1.82) is 0 Å². The zero-order valence-electron chi connectivity index (χ0n) is 10.3. The van der Waals surface area contributed by atoms with Crippen molar-refractivity contribution in [2.24, 2.45) is 0 Å². The molecule has 1 aromatic heterocycles. The summed E-state index contributed by atoms with van der Waals surface area (Å²) >= 11 is 2.27. The van der Waals surface area contributed by atoms with Gasteiger partial charge in [0.05, 0.1) is 0 Å². The maximum absolute atomic E-state index is 5.31. The molecule has 0 amide bonds. The Kier molecular flexibility index (Phi) is 3.33. The number of aryl methyl sites for hydroxylation is 1. The molecule has 19 heavy (non-hydrogen) atoms. The first kappa shape index (κ1) is 12.3. The Hall–Kier alpha value is -1.69. The Balaban J connectivity index is 1.95. The van der Waals surface area contributed by atoms with E-state index in [1.807, 2.05) is 48.5 Å². The SMILES string of the molecule is Cc1ccc(-c2noc(-c3ccc(I)cc3)n2)cc1. The van der Waals surface area contributed by atoms with Gasteiger partial charge in [-0.1, -0.05) is 35.0 Å². The van der Waals surface area contributed by atoms with Crippen LogP contribution in [0.4, 0.5) is 0 Å². The number of hydrogen-bond donors (Lipinski definition) is 0. The average molecular weight is 362 g/mol. The Morgan fingerprint density at radius 3 is 2.21 bits per heavy atom. The maximum Gasteiger partial charge on any atom is 0.258 e. The largest absolute Gasteiger partial charge is 0.334 e. The molecule has 2 aromatic carbocycles. The highest BCUT2D eigenvalue weighted by Crippen LogP contribution is 2.22. The van der Waals surface area contributed by atoms with E-state index in [1.165, 1.54) is 9.13 Å². The molecule has 0 atom stereocenters. The summed E-state index contributed by atoms with van der Waals surface area (Å²) in [5.41, 5.74) is 3.11. The summed E-state index contributed by atoms with van der Waals surface area (Å²) in [6, 6.07) is 16.1. The van der Waals surface area contributed by atoms with Gasteiger partial charge in [-0.25, -0.2) is 0 Å². The van der Waals surface area contributed by atoms with Crippen molar-refractivity contribution in [3.63, 3.8) is 0 Å². The molecule has 0 aliphatic rings. The number of halogens is 1. The Morgan fingerprint density at radius 1 is 0.895 bits per heavy atom. The van der Waals surface area contributed by atoms with Gasteiger partial charge in [0.2, 0.25) is 5.82 Å². The molecule has 3 aromatic rings. The van der Waals surface area contributed by atoms with Crippen LogP contribution in [0, 0.1) is 10.5 Å². The highest BCUT2D eigenvalue weighted by molar-refractivity contribution is 14.1. The third-order valence-corrected chi connectivity index (χ3v) is 3.55. The average Bonchev–Trinajstić information content (AvgIpc) is 2.90. The minimum atomic E-state index is 0.548. The summed E-state index contributed by atoms with van der Waals surface area (Å²) in [7, 11) is 0. The van der Waals surface area contributed by atoms with Crippen LogP contribution in [0.1, 0.15) is 5.56 Å². The fourth-order valence-electron chi connectivity index (χ4n) is 1.75. The molecule has 0 fully saturated rings. The molecule has 0 N–H and O–H groups in total. The molecule has 0 aliphatic carbocycles. The molecular weight excluding hydrogens is 351 g/mol. The van der Waals surface area contributed by atoms with E-state index >= 15 is 0 Å². The summed E-state index contributed by atoms with van der Waals surface area (Å²) in [6.45, 7) is 2.05. The fraction of sp³-hybridized carbons (Fsp3) is 0.0667. The van der Waals surface area contributed by atoms with Gasteiger partial charge in [0.15, 0.2) is 0 Å². The summed E-state index contributed by atoms with van der Waals surface area (Å²) in [5, 5.41) is 4.03. The second kappa shape index (κ2) is 5.13. The smallest absolute Gasteiger partial charge is 0.258 e. The van der Waals surface area contributed by atoms with Crippen LogP contribution in [0.15, 0.2) is 53.1 Å². The van der Waals surface area contributed by atoms with Gasteiger partial charge in [0.1, 0.15) is 0 Å². The first-order chi connectivity index (χ1) is 9.22. The Labute approximate surface area is 124 Å². The predicted molar refractivity (Wildman–Crippen MR) is 82.6 cm³/mol. The van der Waals surface area contributed by atoms with Crippen LogP contribution in [0.2, 0.25) is 0 Å². The van der Waals surface area contributed by atoms with Gasteiger partial charge in [-0.05, 0) is 53.8 Å². The number of rotatable bonds is 2. The molecule has 0 radical (unpaired) electrons. The molecule has 0 bridgehead atoms. The first-order valence-electron chi connectivity index (χ1n) is 5.89. The number of hydrogen-bond acceptors (Lipinski definition) is 3. The number of nitrogens with zero attached hydrogens (tertiary/aromatic N) is 2. The van der Waals surface area contributed by atoms with Crippen molar-refractivity contribution in [2.75, 3.05) is 0 Å². The third kappa shape index (κ3) is 2.68. The van der Waals surface area contributed by atoms with Crippen LogP contribution in [0.3, 0.4) is 0 Å². The van der Waals surface area contributed by atoms with Crippen LogP contribution in [-0.2, 0) is 0 Å². The number of benzene rings is 2. The van der Waals surface area contributed by atoms with Gasteiger partial charge in [-0.3, -0.25) is 0 Å². The van der Waals surface area contributed by atoms with E-state index in [-0.39, 0.29) is 0 Å². The van der Waals surface area contributed by atoms with Crippen LogP contribution in [0.25, 0.3) is 22.8 Å². The van der Waals surface area contributed by atoms with E-state index in [0.717, 1.165) is 11.1 Å². The van der Waals surface area contributed by atoms with Crippen LogP contribution in [0.5, 0.6) is 0 Å². The lowest BCUT2D eigenvalue weighted by Gasteiger charge is -1.95. The van der Waals surface area contributed by atoms with Crippen molar-refractivity contribution < 1.29 is 4.52 Å². The molecule has 3 rings (SSSR count). The standard InChI is InChI=1S/C15H11IN2O/c1-10-2-4-11(5-3-10)14-17-15(19-18-14)12-6-8-13(16)9-7-12/h2-9H,1H3. The van der Waals surface area contributed by atoms with Crippen LogP contribution < -0.4 is 0 Å². The van der Waals surface area contributed by atoms with Crippen molar-refractivity contribution in [1.82, 2.24) is 10.1 Å². The molecule has 94 valence electrons. The zero-order valence-corrected chi connectivity index (χ0v) is 12.5. The van der Waals surface area contributed by atoms with Gasteiger partial charge in [0.25, 0.3) is 5.89 Å². The summed E-state index contributed by atoms with van der Waals surface area (Å²) in [4.78, 5) is 4.43. The lowest BCUT2D eigenvalue weighted by molar-refractivity contribution is 0.432. The fourth-order valence-corrected chi connectivity index (χ4v) is 2.11.